The van der Waals surface area contributed by atoms with Crippen molar-refractivity contribution >= 4 is 34.1 Å². The highest BCUT2D eigenvalue weighted by molar-refractivity contribution is 5.96. The van der Waals surface area contributed by atoms with E-state index >= 15 is 0 Å². The van der Waals surface area contributed by atoms with Crippen LogP contribution in [-0.2, 0) is 10.8 Å². The van der Waals surface area contributed by atoms with Crippen molar-refractivity contribution in [3.8, 4) is 55.6 Å². The first-order chi connectivity index (χ1) is 33.6. The van der Waals surface area contributed by atoms with E-state index in [9.17, 15) is 0 Å². The molecule has 0 spiro atoms. The number of benzene rings is 10. The van der Waals surface area contributed by atoms with Crippen LogP contribution in [0, 0.1) is 0 Å². The van der Waals surface area contributed by atoms with Crippen LogP contribution >= 0.6 is 0 Å². The summed E-state index contributed by atoms with van der Waals surface area (Å²) >= 11 is 0. The molecule has 2 nitrogen and oxygen atoms in total. The number of fused-ring (bicyclic) bond motifs is 3. The molecule has 0 aliphatic heterocycles. The average molecular weight is 889 g/mol. The minimum Gasteiger partial charge on any atom is -0.311 e. The highest BCUT2D eigenvalue weighted by atomic mass is 15.1. The highest BCUT2D eigenvalue weighted by Crippen LogP contribution is 2.54. The Hall–Kier alpha value is -8.20. The van der Waals surface area contributed by atoms with Crippen LogP contribution in [0.1, 0.15) is 51.3 Å². The van der Waals surface area contributed by atoms with Crippen LogP contribution in [0.25, 0.3) is 55.6 Å². The fraction of sp³-hybridized carbons (Fsp3) is 0.104. The maximum Gasteiger partial charge on any atom is 0.0468 e. The number of rotatable bonds is 10. The Labute approximate surface area is 408 Å². The normalized spacial score (nSPS) is 12.5. The van der Waals surface area contributed by atoms with E-state index in [1.54, 1.807) is 0 Å². The van der Waals surface area contributed by atoms with E-state index in [2.05, 4.69) is 293 Å². The van der Waals surface area contributed by atoms with E-state index in [4.69, 9.17) is 0 Å². The van der Waals surface area contributed by atoms with Gasteiger partial charge in [0.15, 0.2) is 0 Å². The van der Waals surface area contributed by atoms with Crippen molar-refractivity contribution in [2.75, 3.05) is 9.80 Å². The molecule has 0 aromatic heterocycles. The van der Waals surface area contributed by atoms with Gasteiger partial charge in [-0.2, -0.15) is 0 Å². The fourth-order valence-electron chi connectivity index (χ4n) is 10.6. The molecule has 0 heterocycles. The molecule has 0 atom stereocenters. The molecule has 0 saturated heterocycles. The van der Waals surface area contributed by atoms with Gasteiger partial charge in [0.1, 0.15) is 0 Å². The third kappa shape index (κ3) is 8.13. The lowest BCUT2D eigenvalue weighted by molar-refractivity contribution is 0.589. The van der Waals surface area contributed by atoms with Crippen molar-refractivity contribution in [1.82, 2.24) is 0 Å². The molecule has 334 valence electrons. The van der Waals surface area contributed by atoms with Crippen LogP contribution in [0.4, 0.5) is 34.1 Å². The largest absolute Gasteiger partial charge is 0.311 e. The topological polar surface area (TPSA) is 6.48 Å². The molecule has 0 N–H and O–H groups in total. The summed E-state index contributed by atoms with van der Waals surface area (Å²) in [6.45, 7) is 11.7. The molecule has 0 radical (unpaired) electrons. The Balaban J connectivity index is 1.03. The second kappa shape index (κ2) is 17.8. The van der Waals surface area contributed by atoms with Crippen LogP contribution in [-0.4, -0.2) is 0 Å². The Morgan fingerprint density at radius 3 is 1.04 bits per heavy atom. The van der Waals surface area contributed by atoms with Crippen LogP contribution in [0.5, 0.6) is 0 Å². The number of anilines is 6. The van der Waals surface area contributed by atoms with Gasteiger partial charge in [-0.3, -0.25) is 0 Å². The molecule has 1 aliphatic rings. The molecule has 0 fully saturated rings. The first-order valence-corrected chi connectivity index (χ1v) is 24.2. The Bertz CT molecular complexity index is 3350. The lowest BCUT2D eigenvalue weighted by Crippen LogP contribution is -2.17. The Morgan fingerprint density at radius 2 is 0.638 bits per heavy atom. The smallest absolute Gasteiger partial charge is 0.0468 e. The number of hydrogen-bond acceptors (Lipinski definition) is 2. The van der Waals surface area contributed by atoms with E-state index in [1.165, 1.54) is 61.2 Å². The molecule has 0 bridgehead atoms. The molecule has 1 aliphatic carbocycles. The number of nitrogens with zero attached hydrogens (tertiary/aromatic N) is 2. The molecule has 2 heteroatoms. The fourth-order valence-corrected chi connectivity index (χ4v) is 10.6. The average Bonchev–Trinajstić information content (AvgIpc) is 3.63. The molecule has 0 amide bonds. The SMILES string of the molecule is CC(C)(C)c1cccc2c1-c1cc(N(c3ccccc3)c3ccc(-c4cc(-c5ccccc5)c(-c5ccc(N(c6ccccc6)c6ccccc6)cc5)cc4-c4ccccc4)cc3)ccc1C2(C)C. The van der Waals surface area contributed by atoms with Gasteiger partial charge in [0, 0.05) is 39.5 Å². The zero-order valence-electron chi connectivity index (χ0n) is 40.1. The van der Waals surface area contributed by atoms with Gasteiger partial charge in [-0.05, 0) is 163 Å². The molecule has 10 aromatic rings. The molecular weight excluding hydrogens is 833 g/mol. The predicted octanol–water partition coefficient (Wildman–Crippen LogP) is 18.9. The second-order valence-corrected chi connectivity index (χ2v) is 19.8. The van der Waals surface area contributed by atoms with Gasteiger partial charge in [0.2, 0.25) is 0 Å². The van der Waals surface area contributed by atoms with Crippen molar-refractivity contribution in [1.29, 1.82) is 0 Å². The van der Waals surface area contributed by atoms with Gasteiger partial charge in [-0.1, -0.05) is 198 Å². The summed E-state index contributed by atoms with van der Waals surface area (Å²) in [4.78, 5) is 4.72. The Kier molecular flexibility index (Phi) is 11.2. The van der Waals surface area contributed by atoms with Crippen molar-refractivity contribution in [2.45, 2.75) is 45.4 Å². The second-order valence-electron chi connectivity index (χ2n) is 19.8. The lowest BCUT2D eigenvalue weighted by atomic mass is 9.79. The molecule has 0 saturated carbocycles. The molecule has 10 aromatic carbocycles. The zero-order chi connectivity index (χ0) is 47.1. The molecular formula is C67H56N2. The van der Waals surface area contributed by atoms with Gasteiger partial charge in [0.05, 0.1) is 0 Å². The van der Waals surface area contributed by atoms with Gasteiger partial charge in [-0.15, -0.1) is 0 Å². The third-order valence-corrected chi connectivity index (χ3v) is 14.0. The van der Waals surface area contributed by atoms with E-state index < -0.39 is 0 Å². The van der Waals surface area contributed by atoms with Crippen LogP contribution in [0.3, 0.4) is 0 Å². The zero-order valence-corrected chi connectivity index (χ0v) is 40.1. The van der Waals surface area contributed by atoms with Crippen molar-refractivity contribution < 1.29 is 0 Å². The quantitative estimate of drug-likeness (QED) is 0.135. The third-order valence-electron chi connectivity index (χ3n) is 14.0. The van der Waals surface area contributed by atoms with Gasteiger partial charge < -0.3 is 9.80 Å². The van der Waals surface area contributed by atoms with E-state index in [0.29, 0.717) is 0 Å². The van der Waals surface area contributed by atoms with Gasteiger partial charge in [-0.25, -0.2) is 0 Å². The summed E-state index contributed by atoms with van der Waals surface area (Å²) in [5.74, 6) is 0. The summed E-state index contributed by atoms with van der Waals surface area (Å²) in [6.07, 6.45) is 0. The maximum absolute atomic E-state index is 2.44. The van der Waals surface area contributed by atoms with E-state index in [-0.39, 0.29) is 10.8 Å². The van der Waals surface area contributed by atoms with Crippen LogP contribution < -0.4 is 9.80 Å². The summed E-state index contributed by atoms with van der Waals surface area (Å²) in [7, 11) is 0. The summed E-state index contributed by atoms with van der Waals surface area (Å²) in [5, 5.41) is 0. The molecule has 0 unspecified atom stereocenters. The summed E-state index contributed by atoms with van der Waals surface area (Å²) < 4.78 is 0. The predicted molar refractivity (Wildman–Crippen MR) is 294 cm³/mol. The van der Waals surface area contributed by atoms with Crippen molar-refractivity contribution in [2.24, 2.45) is 0 Å². The molecule has 69 heavy (non-hydrogen) atoms. The van der Waals surface area contributed by atoms with Crippen molar-refractivity contribution in [3.05, 3.63) is 265 Å². The van der Waals surface area contributed by atoms with E-state index in [1.807, 2.05) is 0 Å². The highest BCUT2D eigenvalue weighted by Gasteiger charge is 2.38. The monoisotopic (exact) mass is 888 g/mol. The lowest BCUT2D eigenvalue weighted by Gasteiger charge is -2.27. The summed E-state index contributed by atoms with van der Waals surface area (Å²) in [5.41, 5.74) is 22.9. The Morgan fingerprint density at radius 1 is 0.290 bits per heavy atom. The molecule has 11 rings (SSSR count). The standard InChI is InChI=1S/C67H56N2/c1-66(2,3)63-32-21-33-64-65(63)61-44-56(42-43-62(61)67(64,4)5)69(53-30-19-10-20-31-53)55-40-36-50(37-41-55)60-46-57(47-22-11-6-12-23-47)59(45-58(60)48-24-13-7-14-25-48)49-34-38-54(39-35-49)68(51-26-15-8-16-27-51)52-28-17-9-18-29-52/h6-46H,1-5H3. The van der Waals surface area contributed by atoms with Gasteiger partial charge in [0.25, 0.3) is 0 Å². The number of para-hydroxylation sites is 3. The van der Waals surface area contributed by atoms with Gasteiger partial charge >= 0.3 is 0 Å². The minimum atomic E-state index is -0.0936. The first-order valence-electron chi connectivity index (χ1n) is 24.2. The number of hydrogen-bond donors (Lipinski definition) is 0. The summed E-state index contributed by atoms with van der Waals surface area (Å²) in [6, 6.07) is 90.8. The first kappa shape index (κ1) is 43.4. The van der Waals surface area contributed by atoms with Crippen LogP contribution in [0.2, 0.25) is 0 Å². The van der Waals surface area contributed by atoms with Crippen molar-refractivity contribution in [3.63, 3.8) is 0 Å². The minimum absolute atomic E-state index is 0.00279. The maximum atomic E-state index is 2.44. The van der Waals surface area contributed by atoms with Crippen LogP contribution in [0.15, 0.2) is 249 Å². The van der Waals surface area contributed by atoms with E-state index in [0.717, 1.165) is 45.3 Å².